The molecule has 5 rings (SSSR count). The molecule has 0 saturated carbocycles. The molecule has 2 aromatic heterocycles. The highest BCUT2D eigenvalue weighted by molar-refractivity contribution is 7.89. The van der Waals surface area contributed by atoms with Gasteiger partial charge in [0, 0.05) is 31.3 Å². The number of oxazole rings is 1. The Hall–Kier alpha value is -2.52. The van der Waals surface area contributed by atoms with Gasteiger partial charge in [-0.2, -0.15) is 4.31 Å². The van der Waals surface area contributed by atoms with Crippen molar-refractivity contribution < 1.29 is 12.8 Å². The van der Waals surface area contributed by atoms with E-state index in [4.69, 9.17) is 4.42 Å². The molecule has 2 unspecified atom stereocenters. The van der Waals surface area contributed by atoms with E-state index in [1.54, 1.807) is 17.5 Å². The summed E-state index contributed by atoms with van der Waals surface area (Å²) >= 11 is 0. The first-order chi connectivity index (χ1) is 12.5. The van der Waals surface area contributed by atoms with E-state index < -0.39 is 15.8 Å². The zero-order chi connectivity index (χ0) is 18.1. The number of rotatable bonds is 2. The number of hydrogen-bond donors (Lipinski definition) is 0. The van der Waals surface area contributed by atoms with Crippen LogP contribution >= 0.6 is 0 Å². The molecule has 0 aliphatic carbocycles. The third-order valence-electron chi connectivity index (χ3n) is 5.39. The van der Waals surface area contributed by atoms with E-state index >= 15 is 0 Å². The molecule has 3 aromatic rings. The number of fused-ring (bicyclic) bond motifs is 5. The highest BCUT2D eigenvalue weighted by Gasteiger charge is 2.47. The van der Waals surface area contributed by atoms with Crippen molar-refractivity contribution >= 4 is 21.1 Å². The molecule has 1 fully saturated rings. The number of aryl methyl sites for hydroxylation is 1. The van der Waals surface area contributed by atoms with Crippen molar-refractivity contribution in [2.75, 3.05) is 0 Å². The van der Waals surface area contributed by atoms with Crippen LogP contribution in [-0.4, -0.2) is 33.3 Å². The van der Waals surface area contributed by atoms with Gasteiger partial charge in [-0.1, -0.05) is 0 Å². The van der Waals surface area contributed by atoms with Gasteiger partial charge in [0.1, 0.15) is 6.33 Å². The van der Waals surface area contributed by atoms with E-state index in [2.05, 4.69) is 9.97 Å². The predicted molar refractivity (Wildman–Crippen MR) is 92.0 cm³/mol. The van der Waals surface area contributed by atoms with E-state index in [-0.39, 0.29) is 17.0 Å². The zero-order valence-electron chi connectivity index (χ0n) is 14.0. The third-order valence-corrected chi connectivity index (χ3v) is 7.35. The average Bonchev–Trinajstić information content (AvgIpc) is 3.11. The van der Waals surface area contributed by atoms with Gasteiger partial charge in [0.2, 0.25) is 10.0 Å². The lowest BCUT2D eigenvalue weighted by atomic mass is 10.0. The van der Waals surface area contributed by atoms with Gasteiger partial charge in [-0.25, -0.2) is 23.2 Å². The third kappa shape index (κ3) is 2.04. The van der Waals surface area contributed by atoms with Crippen molar-refractivity contribution in [2.45, 2.75) is 36.2 Å². The average molecular weight is 372 g/mol. The molecule has 1 aromatic carbocycles. The Morgan fingerprint density at radius 2 is 2.12 bits per heavy atom. The molecule has 9 heteroatoms. The summed E-state index contributed by atoms with van der Waals surface area (Å²) in [6.07, 6.45) is 5.39. The van der Waals surface area contributed by atoms with Crippen molar-refractivity contribution in [1.29, 1.82) is 0 Å². The van der Waals surface area contributed by atoms with E-state index in [0.717, 1.165) is 24.1 Å². The van der Waals surface area contributed by atoms with Crippen molar-refractivity contribution in [2.24, 2.45) is 7.05 Å². The molecule has 2 aliphatic heterocycles. The van der Waals surface area contributed by atoms with E-state index in [1.807, 2.05) is 0 Å². The Morgan fingerprint density at radius 3 is 2.96 bits per heavy atom. The standard InChI is InChI=1S/C17H16N4O4S/c1-20-15-7-11(3-5-16(15)25-17(20)22)26(23,24)21-10-2-4-14(21)12-8-18-9-19-13(12)6-10/h3,5,7-10,14H,2,4,6H2,1H3. The number of sulfonamides is 1. The van der Waals surface area contributed by atoms with Crippen molar-refractivity contribution in [3.8, 4) is 0 Å². The number of aromatic nitrogens is 3. The van der Waals surface area contributed by atoms with Crippen LogP contribution in [0.5, 0.6) is 0 Å². The number of benzene rings is 1. The molecule has 2 bridgehead atoms. The smallest absolute Gasteiger partial charge is 0.408 e. The molecule has 0 N–H and O–H groups in total. The van der Waals surface area contributed by atoms with Gasteiger partial charge in [0.15, 0.2) is 5.58 Å². The summed E-state index contributed by atoms with van der Waals surface area (Å²) in [4.78, 5) is 20.2. The first-order valence-electron chi connectivity index (χ1n) is 8.39. The summed E-state index contributed by atoms with van der Waals surface area (Å²) in [5.41, 5.74) is 2.66. The quantitative estimate of drug-likeness (QED) is 0.674. The minimum atomic E-state index is -3.72. The van der Waals surface area contributed by atoms with Crippen molar-refractivity contribution in [3.63, 3.8) is 0 Å². The van der Waals surface area contributed by atoms with Gasteiger partial charge in [-0.05, 0) is 31.0 Å². The van der Waals surface area contributed by atoms with Crippen LogP contribution in [0.1, 0.15) is 30.1 Å². The Morgan fingerprint density at radius 1 is 1.27 bits per heavy atom. The molecule has 1 saturated heterocycles. The number of nitrogens with zero attached hydrogens (tertiary/aromatic N) is 4. The molecule has 26 heavy (non-hydrogen) atoms. The molecular weight excluding hydrogens is 356 g/mol. The SMILES string of the molecule is Cn1c(=O)oc2ccc(S(=O)(=O)N3C4CCC3c3cncnc3C4)cc21. The molecule has 134 valence electrons. The van der Waals surface area contributed by atoms with Gasteiger partial charge in [0.25, 0.3) is 0 Å². The first-order valence-corrected chi connectivity index (χ1v) is 9.83. The van der Waals surface area contributed by atoms with Gasteiger partial charge in [-0.3, -0.25) is 4.57 Å². The highest BCUT2D eigenvalue weighted by Crippen LogP contribution is 2.45. The molecule has 8 nitrogen and oxygen atoms in total. The largest absolute Gasteiger partial charge is 0.419 e. The summed E-state index contributed by atoms with van der Waals surface area (Å²) in [5, 5.41) is 0. The van der Waals surface area contributed by atoms with Crippen LogP contribution < -0.4 is 5.76 Å². The fourth-order valence-corrected chi connectivity index (χ4v) is 6.00. The normalized spacial score (nSPS) is 22.7. The Balaban J connectivity index is 1.64. The second kappa shape index (κ2) is 5.24. The Labute approximate surface area is 149 Å². The minimum absolute atomic E-state index is 0.101. The predicted octanol–water partition coefficient (Wildman–Crippen LogP) is 1.37. The summed E-state index contributed by atoms with van der Waals surface area (Å²) in [6, 6.07) is 4.20. The summed E-state index contributed by atoms with van der Waals surface area (Å²) < 4.78 is 34.8. The summed E-state index contributed by atoms with van der Waals surface area (Å²) in [7, 11) is -2.16. The van der Waals surface area contributed by atoms with Gasteiger partial charge in [0.05, 0.1) is 22.1 Å². The molecule has 0 radical (unpaired) electrons. The maximum absolute atomic E-state index is 13.4. The van der Waals surface area contributed by atoms with Gasteiger partial charge in [-0.15, -0.1) is 0 Å². The van der Waals surface area contributed by atoms with Crippen LogP contribution in [0.25, 0.3) is 11.1 Å². The van der Waals surface area contributed by atoms with E-state index in [9.17, 15) is 13.2 Å². The van der Waals surface area contributed by atoms with Crippen LogP contribution in [0, 0.1) is 0 Å². The number of hydrogen-bond acceptors (Lipinski definition) is 6. The van der Waals surface area contributed by atoms with Crippen molar-refractivity contribution in [1.82, 2.24) is 18.8 Å². The van der Waals surface area contributed by atoms with Gasteiger partial charge >= 0.3 is 5.76 Å². The van der Waals surface area contributed by atoms with Gasteiger partial charge < -0.3 is 4.42 Å². The second-order valence-corrected chi connectivity index (χ2v) is 8.61. The molecule has 0 spiro atoms. The van der Waals surface area contributed by atoms with E-state index in [0.29, 0.717) is 17.5 Å². The van der Waals surface area contributed by atoms with Crippen LogP contribution in [-0.2, 0) is 23.5 Å². The van der Waals surface area contributed by atoms with Crippen LogP contribution in [0.2, 0.25) is 0 Å². The lowest BCUT2D eigenvalue weighted by Gasteiger charge is -2.34. The maximum Gasteiger partial charge on any atom is 0.419 e. The molecule has 2 aliphatic rings. The zero-order valence-corrected chi connectivity index (χ0v) is 14.8. The second-order valence-electron chi connectivity index (χ2n) is 6.77. The van der Waals surface area contributed by atoms with Crippen molar-refractivity contribution in [3.05, 3.63) is 52.5 Å². The van der Waals surface area contributed by atoms with Crippen LogP contribution in [0.4, 0.5) is 0 Å². The van der Waals surface area contributed by atoms with Crippen LogP contribution in [0.3, 0.4) is 0 Å². The maximum atomic E-state index is 13.4. The summed E-state index contributed by atoms with van der Waals surface area (Å²) in [5.74, 6) is -0.515. The summed E-state index contributed by atoms with van der Waals surface area (Å²) in [6.45, 7) is 0. The fourth-order valence-electron chi connectivity index (χ4n) is 4.13. The molecule has 0 amide bonds. The minimum Gasteiger partial charge on any atom is -0.408 e. The molecular formula is C17H16N4O4S. The highest BCUT2D eigenvalue weighted by atomic mass is 32.2. The topological polar surface area (TPSA) is 98.3 Å². The lowest BCUT2D eigenvalue weighted by molar-refractivity contribution is 0.300. The first kappa shape index (κ1) is 15.7. The van der Waals surface area contributed by atoms with Crippen LogP contribution in [0.15, 0.2) is 44.8 Å². The Kier molecular flexibility index (Phi) is 3.17. The fraction of sp³-hybridized carbons (Fsp3) is 0.353. The Bertz CT molecular complexity index is 1200. The lowest BCUT2D eigenvalue weighted by Crippen LogP contribution is -2.42. The molecule has 2 atom stereocenters. The van der Waals surface area contributed by atoms with E-state index in [1.165, 1.54) is 29.1 Å². The molecule has 4 heterocycles. The monoisotopic (exact) mass is 372 g/mol.